The lowest BCUT2D eigenvalue weighted by Crippen LogP contribution is -2.35. The van der Waals surface area contributed by atoms with Crippen molar-refractivity contribution < 1.29 is 5.11 Å². The number of hydrogen-bond acceptors (Lipinski definition) is 6. The Morgan fingerprint density at radius 3 is 3.12 bits per heavy atom. The highest BCUT2D eigenvalue weighted by Crippen LogP contribution is 2.22. The van der Waals surface area contributed by atoms with Gasteiger partial charge in [-0.3, -0.25) is 9.67 Å². The number of aryl methyl sites for hydroxylation is 1. The van der Waals surface area contributed by atoms with Gasteiger partial charge < -0.3 is 15.7 Å². The van der Waals surface area contributed by atoms with Crippen LogP contribution in [0.4, 0.5) is 0 Å². The van der Waals surface area contributed by atoms with Gasteiger partial charge in [0.2, 0.25) is 0 Å². The first-order chi connectivity index (χ1) is 8.26. The maximum absolute atomic E-state index is 8.76. The molecule has 0 aromatic carbocycles. The second-order valence-electron chi connectivity index (χ2n) is 3.98. The fourth-order valence-corrected chi connectivity index (χ4v) is 1.97. The molecular formula is C10H18N6O. The molecule has 1 aromatic heterocycles. The lowest BCUT2D eigenvalue weighted by Gasteiger charge is -2.22. The summed E-state index contributed by atoms with van der Waals surface area (Å²) in [6.07, 6.45) is 2.58. The molecule has 2 rings (SSSR count). The maximum atomic E-state index is 8.76. The third-order valence-corrected chi connectivity index (χ3v) is 2.88. The Morgan fingerprint density at radius 2 is 2.41 bits per heavy atom. The number of aromatic nitrogens is 3. The molecule has 3 N–H and O–H groups in total. The Labute approximate surface area is 99.9 Å². The summed E-state index contributed by atoms with van der Waals surface area (Å²) < 4.78 is 1.74. The number of rotatable bonds is 5. The summed E-state index contributed by atoms with van der Waals surface area (Å²) in [6.45, 7) is 4.33. The van der Waals surface area contributed by atoms with E-state index in [0.29, 0.717) is 25.5 Å². The highest BCUT2D eigenvalue weighted by Gasteiger charge is 2.28. The summed E-state index contributed by atoms with van der Waals surface area (Å²) in [5.74, 6) is 0.572. The molecule has 7 nitrogen and oxygen atoms in total. The van der Waals surface area contributed by atoms with Crippen LogP contribution in [0.1, 0.15) is 25.1 Å². The zero-order valence-corrected chi connectivity index (χ0v) is 9.95. The van der Waals surface area contributed by atoms with Crippen molar-refractivity contribution in [2.75, 3.05) is 19.7 Å². The number of aliphatic hydroxyl groups is 1. The smallest absolute Gasteiger partial charge is 0.191 e. The molecule has 2 heterocycles. The van der Waals surface area contributed by atoms with Gasteiger partial charge in [0.15, 0.2) is 5.96 Å². The van der Waals surface area contributed by atoms with Crippen LogP contribution in [0.25, 0.3) is 0 Å². The molecule has 0 bridgehead atoms. The van der Waals surface area contributed by atoms with Crippen molar-refractivity contribution in [1.29, 1.82) is 0 Å². The van der Waals surface area contributed by atoms with Crippen LogP contribution < -0.4 is 5.73 Å². The summed E-state index contributed by atoms with van der Waals surface area (Å²) in [5.41, 5.74) is 6.68. The van der Waals surface area contributed by atoms with Crippen LogP contribution in [0.2, 0.25) is 0 Å². The average molecular weight is 238 g/mol. The first-order valence-corrected chi connectivity index (χ1v) is 5.83. The predicted octanol–water partition coefficient (Wildman–Crippen LogP) is -0.648. The molecule has 0 aliphatic carbocycles. The molecule has 0 amide bonds. The van der Waals surface area contributed by atoms with E-state index in [0.717, 1.165) is 12.2 Å². The Bertz CT molecular complexity index is 401. The molecule has 1 unspecified atom stereocenters. The normalized spacial score (nSPS) is 19.8. The SMILES string of the molecule is CCN1C(N)=NCC1c1cn(CCCO)nn1. The van der Waals surface area contributed by atoms with Crippen molar-refractivity contribution in [2.24, 2.45) is 10.7 Å². The van der Waals surface area contributed by atoms with E-state index < -0.39 is 0 Å². The van der Waals surface area contributed by atoms with Crippen molar-refractivity contribution >= 4 is 5.96 Å². The third kappa shape index (κ3) is 2.38. The second kappa shape index (κ2) is 5.13. The standard InChI is InChI=1S/C10H18N6O/c1-2-16-9(6-12-10(16)11)8-7-15(14-13-8)4-3-5-17/h7,9,17H,2-6H2,1H3,(H2,11,12). The molecule has 0 radical (unpaired) electrons. The van der Waals surface area contributed by atoms with Crippen molar-refractivity contribution in [3.05, 3.63) is 11.9 Å². The topological polar surface area (TPSA) is 92.6 Å². The highest BCUT2D eigenvalue weighted by molar-refractivity contribution is 5.80. The van der Waals surface area contributed by atoms with Crippen LogP contribution in [0.15, 0.2) is 11.2 Å². The monoisotopic (exact) mass is 238 g/mol. The first kappa shape index (κ1) is 11.8. The Balaban J connectivity index is 2.05. The molecule has 1 aliphatic rings. The molecule has 1 aromatic rings. The van der Waals surface area contributed by atoms with Gasteiger partial charge in [-0.05, 0) is 13.3 Å². The zero-order chi connectivity index (χ0) is 12.3. The van der Waals surface area contributed by atoms with Gasteiger partial charge in [0, 0.05) is 19.7 Å². The summed E-state index contributed by atoms with van der Waals surface area (Å²) in [5, 5.41) is 16.9. The Morgan fingerprint density at radius 1 is 1.59 bits per heavy atom. The molecule has 0 spiro atoms. The van der Waals surface area contributed by atoms with Gasteiger partial charge in [-0.15, -0.1) is 5.10 Å². The number of nitrogens with two attached hydrogens (primary N) is 1. The van der Waals surface area contributed by atoms with E-state index in [1.807, 2.05) is 18.0 Å². The van der Waals surface area contributed by atoms with Crippen LogP contribution >= 0.6 is 0 Å². The number of hydrogen-bond donors (Lipinski definition) is 2. The molecule has 0 fully saturated rings. The van der Waals surface area contributed by atoms with Gasteiger partial charge in [-0.25, -0.2) is 0 Å². The number of aliphatic hydroxyl groups excluding tert-OH is 1. The minimum Gasteiger partial charge on any atom is -0.396 e. The molecular weight excluding hydrogens is 220 g/mol. The van der Waals surface area contributed by atoms with Crippen molar-refractivity contribution in [3.8, 4) is 0 Å². The van der Waals surface area contributed by atoms with Crippen LogP contribution in [-0.2, 0) is 6.54 Å². The number of nitrogens with zero attached hydrogens (tertiary/aromatic N) is 5. The zero-order valence-electron chi connectivity index (χ0n) is 9.95. The molecule has 0 saturated heterocycles. The second-order valence-corrected chi connectivity index (χ2v) is 3.98. The fourth-order valence-electron chi connectivity index (χ4n) is 1.97. The van der Waals surface area contributed by atoms with Gasteiger partial charge in [0.1, 0.15) is 5.69 Å². The van der Waals surface area contributed by atoms with Gasteiger partial charge >= 0.3 is 0 Å². The molecule has 17 heavy (non-hydrogen) atoms. The van der Waals surface area contributed by atoms with Crippen LogP contribution in [0.3, 0.4) is 0 Å². The molecule has 7 heteroatoms. The van der Waals surface area contributed by atoms with Crippen molar-refractivity contribution in [2.45, 2.75) is 25.9 Å². The molecule has 0 saturated carbocycles. The van der Waals surface area contributed by atoms with E-state index in [2.05, 4.69) is 15.3 Å². The van der Waals surface area contributed by atoms with Crippen LogP contribution in [-0.4, -0.2) is 50.7 Å². The summed E-state index contributed by atoms with van der Waals surface area (Å²) in [7, 11) is 0. The van der Waals surface area contributed by atoms with Crippen molar-refractivity contribution in [3.63, 3.8) is 0 Å². The molecule has 94 valence electrons. The van der Waals surface area contributed by atoms with Crippen LogP contribution in [0, 0.1) is 0 Å². The predicted molar refractivity (Wildman–Crippen MR) is 63.3 cm³/mol. The highest BCUT2D eigenvalue weighted by atomic mass is 16.3. The maximum Gasteiger partial charge on any atom is 0.191 e. The number of guanidine groups is 1. The van der Waals surface area contributed by atoms with Gasteiger partial charge in [-0.2, -0.15) is 0 Å². The van der Waals surface area contributed by atoms with E-state index in [4.69, 9.17) is 10.8 Å². The summed E-state index contributed by atoms with van der Waals surface area (Å²) in [4.78, 5) is 6.24. The van der Waals surface area contributed by atoms with Gasteiger partial charge in [0.25, 0.3) is 0 Å². The van der Waals surface area contributed by atoms with Gasteiger partial charge in [-0.1, -0.05) is 5.21 Å². The van der Waals surface area contributed by atoms with Crippen molar-refractivity contribution in [1.82, 2.24) is 19.9 Å². The first-order valence-electron chi connectivity index (χ1n) is 5.83. The quantitative estimate of drug-likeness (QED) is 0.711. The molecule has 1 aliphatic heterocycles. The average Bonchev–Trinajstić information content (AvgIpc) is 2.92. The number of likely N-dealkylation sites (N-methyl/N-ethyl adjacent to an activating group) is 1. The van der Waals surface area contributed by atoms with E-state index >= 15 is 0 Å². The van der Waals surface area contributed by atoms with E-state index in [1.165, 1.54) is 0 Å². The van der Waals surface area contributed by atoms with Crippen LogP contribution in [0.5, 0.6) is 0 Å². The van der Waals surface area contributed by atoms with E-state index in [-0.39, 0.29) is 12.6 Å². The number of aliphatic imine (C=N–C) groups is 1. The molecule has 1 atom stereocenters. The lowest BCUT2D eigenvalue weighted by atomic mass is 10.2. The third-order valence-electron chi connectivity index (χ3n) is 2.88. The van der Waals surface area contributed by atoms with Gasteiger partial charge in [0.05, 0.1) is 18.8 Å². The Kier molecular flexibility index (Phi) is 3.58. The summed E-state index contributed by atoms with van der Waals surface area (Å²) in [6, 6.07) is 0.0999. The minimum absolute atomic E-state index is 0.0999. The minimum atomic E-state index is 0.0999. The fraction of sp³-hybridized carbons (Fsp3) is 0.700. The Hall–Kier alpha value is -1.63. The largest absolute Gasteiger partial charge is 0.396 e. The van der Waals surface area contributed by atoms with E-state index in [1.54, 1.807) is 4.68 Å². The summed E-state index contributed by atoms with van der Waals surface area (Å²) >= 11 is 0. The lowest BCUT2D eigenvalue weighted by molar-refractivity contribution is 0.276. The van der Waals surface area contributed by atoms with E-state index in [9.17, 15) is 0 Å².